The molecule has 4 aromatic rings. The van der Waals surface area contributed by atoms with Crippen LogP contribution >= 0.6 is 0 Å². The number of nitrogens with zero attached hydrogens (tertiary/aromatic N) is 3. The molecular formula is C27H24F2N4O2. The Balaban J connectivity index is 1.37. The molecule has 3 N–H and O–H groups in total. The van der Waals surface area contributed by atoms with Gasteiger partial charge in [0.15, 0.2) is 5.82 Å². The fraction of sp³-hybridized carbons (Fsp3) is 0.185. The van der Waals surface area contributed by atoms with Gasteiger partial charge >= 0.3 is 0 Å². The third kappa shape index (κ3) is 4.65. The summed E-state index contributed by atoms with van der Waals surface area (Å²) in [5.74, 6) is -1.56. The second-order valence-electron chi connectivity index (χ2n) is 9.22. The molecule has 0 bridgehead atoms. The summed E-state index contributed by atoms with van der Waals surface area (Å²) >= 11 is 0. The van der Waals surface area contributed by atoms with Crippen LogP contribution in [0.15, 0.2) is 67.0 Å². The predicted octanol–water partition coefficient (Wildman–Crippen LogP) is 5.61. The van der Waals surface area contributed by atoms with Crippen LogP contribution in [-0.4, -0.2) is 35.6 Å². The Hall–Kier alpha value is -4.04. The zero-order chi connectivity index (χ0) is 24.7. The van der Waals surface area contributed by atoms with Crippen LogP contribution in [0.25, 0.3) is 33.4 Å². The first kappa shape index (κ1) is 22.7. The molecule has 2 aromatic heterocycles. The van der Waals surface area contributed by atoms with Crippen LogP contribution in [-0.2, 0) is 6.42 Å². The standard InChI is InChI=1S/C27H24F2N4O2/c1-27(2,35)13-16-14-30-33(15-16)20-5-3-4-17(10-11-20)18-6-8-19(9-7-18)23-21(28)12-22-25(24(23)29)32-26(34)31-22/h4-12,14-15,35H,3,13H2,1-2H3,(H2,31,32,34). The molecule has 1 aliphatic rings. The smallest absolute Gasteiger partial charge is 0.292 e. The van der Waals surface area contributed by atoms with Crippen molar-refractivity contribution in [1.82, 2.24) is 19.7 Å². The number of H-pyrrole nitrogens is 1. The molecule has 8 heteroatoms. The van der Waals surface area contributed by atoms with E-state index in [1.165, 1.54) is 0 Å². The molecule has 0 saturated carbocycles. The third-order valence-corrected chi connectivity index (χ3v) is 5.80. The zero-order valence-electron chi connectivity index (χ0n) is 19.3. The maximum absolute atomic E-state index is 14.9. The fourth-order valence-electron chi connectivity index (χ4n) is 4.26. The summed E-state index contributed by atoms with van der Waals surface area (Å²) in [5, 5.41) is 23.9. The summed E-state index contributed by atoms with van der Waals surface area (Å²) in [7, 11) is 0. The first-order chi connectivity index (χ1) is 16.7. The first-order valence-electron chi connectivity index (χ1n) is 11.2. The van der Waals surface area contributed by atoms with E-state index in [1.54, 1.807) is 36.9 Å². The van der Waals surface area contributed by atoms with Crippen LogP contribution in [0, 0.1) is 11.6 Å². The molecule has 0 radical (unpaired) electrons. The van der Waals surface area contributed by atoms with Crippen molar-refractivity contribution in [3.05, 3.63) is 89.8 Å². The van der Waals surface area contributed by atoms with Crippen molar-refractivity contribution < 1.29 is 19.0 Å². The molecule has 2 heterocycles. The maximum atomic E-state index is 14.9. The van der Waals surface area contributed by atoms with Crippen LogP contribution in [0.5, 0.6) is 6.01 Å². The highest BCUT2D eigenvalue weighted by molar-refractivity contribution is 5.85. The van der Waals surface area contributed by atoms with Crippen molar-refractivity contribution in [2.45, 2.75) is 32.3 Å². The summed E-state index contributed by atoms with van der Waals surface area (Å²) in [6, 6.07) is 7.63. The number of halogens is 2. The maximum Gasteiger partial charge on any atom is 0.292 e. The van der Waals surface area contributed by atoms with Gasteiger partial charge in [-0.2, -0.15) is 10.1 Å². The van der Waals surface area contributed by atoms with Gasteiger partial charge in [-0.25, -0.2) is 13.5 Å². The number of aliphatic hydroxyl groups is 1. The summed E-state index contributed by atoms with van der Waals surface area (Å²) in [6.07, 6.45) is 12.9. The lowest BCUT2D eigenvalue weighted by molar-refractivity contribution is 0.0810. The predicted molar refractivity (Wildman–Crippen MR) is 131 cm³/mol. The molecule has 178 valence electrons. The number of nitrogens with one attached hydrogen (secondary N) is 1. The van der Waals surface area contributed by atoms with Crippen molar-refractivity contribution in [2.75, 3.05) is 0 Å². The minimum atomic E-state index is -0.824. The number of rotatable bonds is 5. The highest BCUT2D eigenvalue weighted by Crippen LogP contribution is 2.33. The lowest BCUT2D eigenvalue weighted by Crippen LogP contribution is -2.21. The van der Waals surface area contributed by atoms with E-state index in [-0.39, 0.29) is 16.6 Å². The van der Waals surface area contributed by atoms with E-state index in [0.717, 1.165) is 28.5 Å². The molecule has 0 unspecified atom stereocenters. The number of allylic oxidation sites excluding steroid dienone is 6. The first-order valence-corrected chi connectivity index (χ1v) is 11.2. The highest BCUT2D eigenvalue weighted by atomic mass is 19.1. The van der Waals surface area contributed by atoms with Crippen LogP contribution in [0.4, 0.5) is 8.78 Å². The third-order valence-electron chi connectivity index (χ3n) is 5.80. The van der Waals surface area contributed by atoms with Gasteiger partial charge in [0.05, 0.1) is 28.6 Å². The SMILES string of the molecule is CC(C)(O)Cc1cnn(C2=CCC=C(c3ccc(-c4c(F)cc5[nH]c(O)nc5c4F)cc3)C=C2)c1. The molecule has 35 heavy (non-hydrogen) atoms. The van der Waals surface area contributed by atoms with E-state index in [9.17, 15) is 19.0 Å². The quantitative estimate of drug-likeness (QED) is 0.351. The van der Waals surface area contributed by atoms with Gasteiger partial charge in [-0.1, -0.05) is 42.5 Å². The molecule has 0 spiro atoms. The van der Waals surface area contributed by atoms with E-state index < -0.39 is 23.2 Å². The summed E-state index contributed by atoms with van der Waals surface area (Å²) in [5.41, 5.74) is 3.10. The van der Waals surface area contributed by atoms with E-state index >= 15 is 0 Å². The molecule has 0 amide bonds. The Morgan fingerprint density at radius 3 is 2.57 bits per heavy atom. The number of aromatic amines is 1. The Morgan fingerprint density at radius 2 is 1.83 bits per heavy atom. The molecule has 0 aliphatic heterocycles. The molecule has 5 rings (SSSR count). The summed E-state index contributed by atoms with van der Waals surface area (Å²) < 4.78 is 31.4. The van der Waals surface area contributed by atoms with Crippen molar-refractivity contribution >= 4 is 22.3 Å². The number of aromatic nitrogens is 4. The second kappa shape index (κ2) is 8.63. The van der Waals surface area contributed by atoms with E-state index in [2.05, 4.69) is 27.2 Å². The molecule has 0 atom stereocenters. The minimum absolute atomic E-state index is 0.0966. The normalized spacial score (nSPS) is 14.2. The largest absolute Gasteiger partial charge is 0.480 e. The van der Waals surface area contributed by atoms with Crippen molar-refractivity contribution in [3.8, 4) is 17.1 Å². The lowest BCUT2D eigenvalue weighted by Gasteiger charge is -2.14. The number of aromatic hydroxyl groups is 1. The Labute approximate surface area is 200 Å². The second-order valence-corrected chi connectivity index (χ2v) is 9.22. The van der Waals surface area contributed by atoms with E-state index in [1.807, 2.05) is 30.5 Å². The molecule has 6 nitrogen and oxygen atoms in total. The van der Waals surface area contributed by atoms with E-state index in [0.29, 0.717) is 18.4 Å². The van der Waals surface area contributed by atoms with Crippen LogP contribution < -0.4 is 0 Å². The van der Waals surface area contributed by atoms with Gasteiger partial charge in [0.1, 0.15) is 11.3 Å². The number of benzene rings is 2. The average molecular weight is 475 g/mol. The van der Waals surface area contributed by atoms with Gasteiger partial charge in [0, 0.05) is 18.7 Å². The molecular weight excluding hydrogens is 450 g/mol. The van der Waals surface area contributed by atoms with Gasteiger partial charge in [0.2, 0.25) is 0 Å². The Morgan fingerprint density at radius 1 is 1.09 bits per heavy atom. The molecule has 0 fully saturated rings. The number of hydrogen-bond acceptors (Lipinski definition) is 4. The lowest BCUT2D eigenvalue weighted by atomic mass is 9.98. The van der Waals surface area contributed by atoms with Crippen molar-refractivity contribution in [1.29, 1.82) is 0 Å². The minimum Gasteiger partial charge on any atom is -0.480 e. The Bertz CT molecular complexity index is 1500. The Kier molecular flexibility index (Phi) is 5.61. The van der Waals surface area contributed by atoms with Crippen LogP contribution in [0.2, 0.25) is 0 Å². The van der Waals surface area contributed by atoms with Gasteiger partial charge < -0.3 is 15.2 Å². The monoisotopic (exact) mass is 474 g/mol. The average Bonchev–Trinajstić information content (AvgIpc) is 3.31. The van der Waals surface area contributed by atoms with Crippen LogP contribution in [0.3, 0.4) is 0 Å². The summed E-state index contributed by atoms with van der Waals surface area (Å²) in [4.78, 5) is 6.14. The number of hydrogen-bond donors (Lipinski definition) is 3. The highest BCUT2D eigenvalue weighted by Gasteiger charge is 2.19. The molecule has 1 aliphatic carbocycles. The van der Waals surface area contributed by atoms with Gasteiger partial charge in [-0.3, -0.25) is 0 Å². The van der Waals surface area contributed by atoms with Gasteiger partial charge in [-0.15, -0.1) is 0 Å². The number of imidazole rings is 1. The van der Waals surface area contributed by atoms with Gasteiger partial charge in [-0.05, 0) is 48.6 Å². The van der Waals surface area contributed by atoms with Crippen LogP contribution in [0.1, 0.15) is 31.4 Å². The van der Waals surface area contributed by atoms with Crippen molar-refractivity contribution in [3.63, 3.8) is 0 Å². The molecule has 0 saturated heterocycles. The molecule has 2 aromatic carbocycles. The van der Waals surface area contributed by atoms with Gasteiger partial charge in [0.25, 0.3) is 6.01 Å². The summed E-state index contributed by atoms with van der Waals surface area (Å²) in [6.45, 7) is 3.53. The zero-order valence-corrected chi connectivity index (χ0v) is 19.3. The van der Waals surface area contributed by atoms with Crippen molar-refractivity contribution in [2.24, 2.45) is 0 Å². The number of fused-ring (bicyclic) bond motifs is 1. The van der Waals surface area contributed by atoms with E-state index in [4.69, 9.17) is 0 Å². The fourth-order valence-corrected chi connectivity index (χ4v) is 4.26. The topological polar surface area (TPSA) is 87.0 Å².